The van der Waals surface area contributed by atoms with Gasteiger partial charge in [-0.2, -0.15) is 0 Å². The van der Waals surface area contributed by atoms with Crippen LogP contribution in [0.25, 0.3) is 0 Å². The Hall–Kier alpha value is -1.26. The summed E-state index contributed by atoms with van der Waals surface area (Å²) in [7, 11) is 3.36. The monoisotopic (exact) mass is 266 g/mol. The van der Waals surface area contributed by atoms with E-state index in [1.54, 1.807) is 14.2 Å². The predicted octanol–water partition coefficient (Wildman–Crippen LogP) is 1.97. The molecule has 0 radical (unpaired) electrons. The smallest absolute Gasteiger partial charge is 0.126 e. The highest BCUT2D eigenvalue weighted by atomic mass is 16.5. The van der Waals surface area contributed by atoms with Crippen LogP contribution in [-0.4, -0.2) is 39.1 Å². The maximum absolute atomic E-state index is 9.31. The highest BCUT2D eigenvalue weighted by Gasteiger charge is 2.42. The molecule has 4 heteroatoms. The van der Waals surface area contributed by atoms with Gasteiger partial charge >= 0.3 is 0 Å². The van der Waals surface area contributed by atoms with Gasteiger partial charge in [-0.1, -0.05) is 0 Å². The van der Waals surface area contributed by atoms with E-state index in [0.29, 0.717) is 19.6 Å². The third kappa shape index (κ3) is 2.19. The Balaban J connectivity index is 2.57. The van der Waals surface area contributed by atoms with Crippen molar-refractivity contribution >= 4 is 0 Å². The Bertz CT molecular complexity index is 464. The molecule has 1 N–H and O–H groups in total. The molecule has 2 rings (SSSR count). The summed E-state index contributed by atoms with van der Waals surface area (Å²) >= 11 is 0. The Morgan fingerprint density at radius 2 is 1.89 bits per heavy atom. The molecule has 0 saturated carbocycles. The summed E-state index contributed by atoms with van der Waals surface area (Å²) in [5.74, 6) is 1.74. The van der Waals surface area contributed by atoms with Crippen molar-refractivity contribution in [2.45, 2.75) is 25.7 Å². The number of aliphatic hydroxyl groups excluding tert-OH is 1. The van der Waals surface area contributed by atoms with Crippen LogP contribution in [0, 0.1) is 13.8 Å². The van der Waals surface area contributed by atoms with Crippen LogP contribution in [0.1, 0.15) is 23.1 Å². The molecule has 1 aliphatic heterocycles. The summed E-state index contributed by atoms with van der Waals surface area (Å²) in [6.45, 7) is 5.44. The van der Waals surface area contributed by atoms with Gasteiger partial charge < -0.3 is 19.3 Å². The van der Waals surface area contributed by atoms with Crippen molar-refractivity contribution < 1.29 is 19.3 Å². The second-order valence-electron chi connectivity index (χ2n) is 5.16. The zero-order valence-electron chi connectivity index (χ0n) is 12.1. The summed E-state index contributed by atoms with van der Waals surface area (Å²) in [6.07, 6.45) is 0.676. The first-order valence-electron chi connectivity index (χ1n) is 6.51. The fourth-order valence-electron chi connectivity index (χ4n) is 2.73. The fourth-order valence-corrected chi connectivity index (χ4v) is 2.73. The minimum Gasteiger partial charge on any atom is -0.496 e. The van der Waals surface area contributed by atoms with Gasteiger partial charge in [-0.15, -0.1) is 0 Å². The second-order valence-corrected chi connectivity index (χ2v) is 5.16. The van der Waals surface area contributed by atoms with E-state index < -0.39 is 0 Å². The van der Waals surface area contributed by atoms with E-state index in [4.69, 9.17) is 14.2 Å². The van der Waals surface area contributed by atoms with Crippen LogP contribution >= 0.6 is 0 Å². The molecule has 19 heavy (non-hydrogen) atoms. The van der Waals surface area contributed by atoms with Crippen molar-refractivity contribution in [3.8, 4) is 11.5 Å². The topological polar surface area (TPSA) is 47.9 Å². The normalized spacial score (nSPS) is 16.9. The Morgan fingerprint density at radius 1 is 1.21 bits per heavy atom. The average molecular weight is 266 g/mol. The summed E-state index contributed by atoms with van der Waals surface area (Å²) in [6, 6.07) is 2.03. The van der Waals surface area contributed by atoms with E-state index in [1.807, 2.05) is 19.9 Å². The number of methoxy groups -OCH3 is 2. The number of benzene rings is 1. The van der Waals surface area contributed by atoms with Crippen LogP contribution in [0.5, 0.6) is 11.5 Å². The minimum atomic E-state index is -0.147. The Labute approximate surface area is 114 Å². The number of rotatable bonds is 5. The van der Waals surface area contributed by atoms with Crippen molar-refractivity contribution in [1.82, 2.24) is 0 Å². The van der Waals surface area contributed by atoms with E-state index in [0.717, 1.165) is 28.2 Å². The van der Waals surface area contributed by atoms with Crippen LogP contribution in [0.2, 0.25) is 0 Å². The first-order chi connectivity index (χ1) is 9.09. The van der Waals surface area contributed by atoms with Gasteiger partial charge in [-0.05, 0) is 37.5 Å². The molecule has 1 aliphatic rings. The van der Waals surface area contributed by atoms with E-state index in [1.165, 1.54) is 0 Å². The molecule has 0 spiro atoms. The van der Waals surface area contributed by atoms with Crippen LogP contribution in [0.3, 0.4) is 0 Å². The number of hydrogen-bond acceptors (Lipinski definition) is 4. The quantitative estimate of drug-likeness (QED) is 0.885. The van der Waals surface area contributed by atoms with Crippen molar-refractivity contribution in [1.29, 1.82) is 0 Å². The standard InChI is InChI=1S/C15H22O4/c1-10-11(2)14(18-4)12(7-13(10)17-3)15(5-6-16)8-19-9-15/h7,16H,5-6,8-9H2,1-4H3. The van der Waals surface area contributed by atoms with Crippen molar-refractivity contribution in [2.24, 2.45) is 0 Å². The molecule has 0 atom stereocenters. The molecule has 1 aromatic rings. The van der Waals surface area contributed by atoms with E-state index in [9.17, 15) is 5.11 Å². The molecular weight excluding hydrogens is 244 g/mol. The number of aliphatic hydroxyl groups is 1. The highest BCUT2D eigenvalue weighted by Crippen LogP contribution is 2.45. The maximum Gasteiger partial charge on any atom is 0.126 e. The molecule has 1 aromatic carbocycles. The highest BCUT2D eigenvalue weighted by molar-refractivity contribution is 5.56. The molecule has 0 aromatic heterocycles. The number of hydrogen-bond donors (Lipinski definition) is 1. The zero-order valence-corrected chi connectivity index (χ0v) is 12.1. The van der Waals surface area contributed by atoms with Crippen molar-refractivity contribution in [3.63, 3.8) is 0 Å². The fraction of sp³-hybridized carbons (Fsp3) is 0.600. The first kappa shape index (κ1) is 14.2. The van der Waals surface area contributed by atoms with Crippen molar-refractivity contribution in [3.05, 3.63) is 22.8 Å². The van der Waals surface area contributed by atoms with Gasteiger partial charge in [0.15, 0.2) is 0 Å². The third-order valence-corrected chi connectivity index (χ3v) is 4.14. The van der Waals surface area contributed by atoms with Crippen molar-refractivity contribution in [2.75, 3.05) is 34.0 Å². The SMILES string of the molecule is COc1cc(C2(CCO)COC2)c(OC)c(C)c1C. The first-order valence-corrected chi connectivity index (χ1v) is 6.51. The lowest BCUT2D eigenvalue weighted by Crippen LogP contribution is -2.47. The molecule has 1 saturated heterocycles. The van der Waals surface area contributed by atoms with Crippen LogP contribution < -0.4 is 9.47 Å². The molecule has 0 unspecified atom stereocenters. The largest absolute Gasteiger partial charge is 0.496 e. The van der Waals surface area contributed by atoms with Gasteiger partial charge in [-0.25, -0.2) is 0 Å². The summed E-state index contributed by atoms with van der Waals surface area (Å²) in [5.41, 5.74) is 3.10. The minimum absolute atomic E-state index is 0.141. The molecule has 0 amide bonds. The molecule has 0 aliphatic carbocycles. The lowest BCUT2D eigenvalue weighted by atomic mass is 9.74. The van der Waals surface area contributed by atoms with Gasteiger partial charge in [0.2, 0.25) is 0 Å². The zero-order chi connectivity index (χ0) is 14.0. The average Bonchev–Trinajstić information content (AvgIpc) is 2.37. The Morgan fingerprint density at radius 3 is 2.32 bits per heavy atom. The molecule has 0 bridgehead atoms. The second kappa shape index (κ2) is 5.39. The lowest BCUT2D eigenvalue weighted by Gasteiger charge is -2.42. The Kier molecular flexibility index (Phi) is 4.02. The van der Waals surface area contributed by atoms with E-state index in [-0.39, 0.29) is 12.0 Å². The van der Waals surface area contributed by atoms with Crippen LogP contribution in [0.15, 0.2) is 6.07 Å². The van der Waals surface area contributed by atoms with Gasteiger partial charge in [-0.3, -0.25) is 0 Å². The van der Waals surface area contributed by atoms with Gasteiger partial charge in [0.05, 0.1) is 27.4 Å². The van der Waals surface area contributed by atoms with Crippen LogP contribution in [0.4, 0.5) is 0 Å². The molecule has 106 valence electrons. The summed E-state index contributed by atoms with van der Waals surface area (Å²) in [4.78, 5) is 0. The molecule has 1 fully saturated rings. The van der Waals surface area contributed by atoms with E-state index >= 15 is 0 Å². The van der Waals surface area contributed by atoms with Gasteiger partial charge in [0.1, 0.15) is 11.5 Å². The number of ether oxygens (including phenoxy) is 3. The van der Waals surface area contributed by atoms with E-state index in [2.05, 4.69) is 0 Å². The summed E-state index contributed by atoms with van der Waals surface area (Å²) in [5, 5.41) is 9.31. The predicted molar refractivity (Wildman–Crippen MR) is 73.2 cm³/mol. The lowest BCUT2D eigenvalue weighted by molar-refractivity contribution is -0.0710. The third-order valence-electron chi connectivity index (χ3n) is 4.14. The molecule has 4 nitrogen and oxygen atoms in total. The molecule has 1 heterocycles. The molecular formula is C15H22O4. The maximum atomic E-state index is 9.31. The van der Waals surface area contributed by atoms with Gasteiger partial charge in [0, 0.05) is 17.6 Å². The van der Waals surface area contributed by atoms with Gasteiger partial charge in [0.25, 0.3) is 0 Å². The summed E-state index contributed by atoms with van der Waals surface area (Å²) < 4.78 is 16.4. The van der Waals surface area contributed by atoms with Crippen LogP contribution in [-0.2, 0) is 10.2 Å².